The highest BCUT2D eigenvalue weighted by molar-refractivity contribution is 5.95. The molecule has 1 aromatic carbocycles. The van der Waals surface area contributed by atoms with Crippen LogP contribution in [0.4, 0.5) is 4.79 Å². The molecule has 0 aromatic heterocycles. The number of methoxy groups -OCH3 is 2. The number of ether oxygens (including phenoxy) is 3. The van der Waals surface area contributed by atoms with Crippen molar-refractivity contribution in [3.63, 3.8) is 0 Å². The maximum absolute atomic E-state index is 12.4. The molecule has 0 saturated carbocycles. The third-order valence-corrected chi connectivity index (χ3v) is 3.44. The van der Waals surface area contributed by atoms with E-state index in [1.165, 1.54) is 7.11 Å². The van der Waals surface area contributed by atoms with E-state index in [9.17, 15) is 9.59 Å². The summed E-state index contributed by atoms with van der Waals surface area (Å²) in [5, 5.41) is 5.34. The van der Waals surface area contributed by atoms with Gasteiger partial charge in [0.1, 0.15) is 12.4 Å². The second-order valence-corrected chi connectivity index (χ2v) is 4.98. The molecule has 1 aliphatic heterocycles. The lowest BCUT2D eigenvalue weighted by Crippen LogP contribution is -2.45. The van der Waals surface area contributed by atoms with Crippen LogP contribution in [-0.4, -0.2) is 39.4 Å². The van der Waals surface area contributed by atoms with Gasteiger partial charge in [-0.15, -0.1) is 0 Å². The molecule has 1 unspecified atom stereocenters. The number of nitrogens with one attached hydrogen (secondary N) is 2. The first-order valence-electron chi connectivity index (χ1n) is 7.15. The van der Waals surface area contributed by atoms with Gasteiger partial charge in [0.05, 0.1) is 25.3 Å². The molecule has 2 amide bonds. The summed E-state index contributed by atoms with van der Waals surface area (Å²) in [5.74, 6) is 0.139. The van der Waals surface area contributed by atoms with Gasteiger partial charge in [-0.05, 0) is 24.6 Å². The van der Waals surface area contributed by atoms with Gasteiger partial charge in [0, 0.05) is 12.8 Å². The van der Waals surface area contributed by atoms with E-state index in [1.807, 2.05) is 6.07 Å². The molecule has 1 aliphatic rings. The number of benzene rings is 1. The Balaban J connectivity index is 2.32. The van der Waals surface area contributed by atoms with Gasteiger partial charge in [-0.25, -0.2) is 9.59 Å². The Labute approximate surface area is 134 Å². The summed E-state index contributed by atoms with van der Waals surface area (Å²) in [4.78, 5) is 24.2. The standard InChI is InChI=1S/C16H20N2O5/c1-10-13(15(19)23-8-7-21-2)14(18-16(20)17-10)11-5-4-6-12(9-11)22-3/h4-6,9,14H,7-8H2,1-3H3,(H2,17,18,20). The molecule has 0 spiro atoms. The van der Waals surface area contributed by atoms with Gasteiger partial charge in [-0.1, -0.05) is 12.1 Å². The van der Waals surface area contributed by atoms with E-state index in [-0.39, 0.29) is 12.6 Å². The van der Waals surface area contributed by atoms with Crippen molar-refractivity contribution >= 4 is 12.0 Å². The van der Waals surface area contributed by atoms with Crippen LogP contribution in [0.3, 0.4) is 0 Å². The van der Waals surface area contributed by atoms with Crippen LogP contribution in [0.2, 0.25) is 0 Å². The molecule has 0 aliphatic carbocycles. The van der Waals surface area contributed by atoms with E-state index in [1.54, 1.807) is 32.2 Å². The lowest BCUT2D eigenvalue weighted by Gasteiger charge is -2.28. The zero-order chi connectivity index (χ0) is 16.8. The zero-order valence-electron chi connectivity index (χ0n) is 13.3. The van der Waals surface area contributed by atoms with Gasteiger partial charge in [0.15, 0.2) is 0 Å². The summed E-state index contributed by atoms with van der Waals surface area (Å²) >= 11 is 0. The average Bonchev–Trinajstić information content (AvgIpc) is 2.54. The summed E-state index contributed by atoms with van der Waals surface area (Å²) in [5.41, 5.74) is 1.55. The molecule has 0 bridgehead atoms. The van der Waals surface area contributed by atoms with E-state index in [0.29, 0.717) is 23.6 Å². The fraction of sp³-hybridized carbons (Fsp3) is 0.375. The Morgan fingerprint density at radius 1 is 1.26 bits per heavy atom. The normalized spacial score (nSPS) is 17.3. The maximum Gasteiger partial charge on any atom is 0.338 e. The third-order valence-electron chi connectivity index (χ3n) is 3.44. The summed E-state index contributed by atoms with van der Waals surface area (Å²) in [6.07, 6.45) is 0. The van der Waals surface area contributed by atoms with Crippen molar-refractivity contribution < 1.29 is 23.8 Å². The number of esters is 1. The topological polar surface area (TPSA) is 85.9 Å². The molecule has 2 rings (SSSR count). The van der Waals surface area contributed by atoms with E-state index in [2.05, 4.69) is 10.6 Å². The number of hydrogen-bond donors (Lipinski definition) is 2. The quantitative estimate of drug-likeness (QED) is 0.613. The second-order valence-electron chi connectivity index (χ2n) is 4.98. The van der Waals surface area contributed by atoms with Crippen LogP contribution in [0.15, 0.2) is 35.5 Å². The third kappa shape index (κ3) is 4.01. The van der Waals surface area contributed by atoms with Crippen molar-refractivity contribution in [2.24, 2.45) is 0 Å². The first kappa shape index (κ1) is 16.8. The monoisotopic (exact) mass is 320 g/mol. The van der Waals surface area contributed by atoms with Crippen molar-refractivity contribution in [2.45, 2.75) is 13.0 Å². The molecule has 1 aromatic rings. The number of urea groups is 1. The van der Waals surface area contributed by atoms with E-state index in [0.717, 1.165) is 5.56 Å². The van der Waals surface area contributed by atoms with Crippen LogP contribution in [0.25, 0.3) is 0 Å². The van der Waals surface area contributed by atoms with Gasteiger partial charge in [-0.2, -0.15) is 0 Å². The molecular formula is C16H20N2O5. The van der Waals surface area contributed by atoms with Gasteiger partial charge in [0.2, 0.25) is 0 Å². The van der Waals surface area contributed by atoms with E-state index < -0.39 is 12.0 Å². The number of rotatable bonds is 6. The minimum absolute atomic E-state index is 0.144. The SMILES string of the molecule is COCCOC(=O)C1=C(C)NC(=O)NC1c1cccc(OC)c1. The Kier molecular flexibility index (Phi) is 5.59. The molecular weight excluding hydrogens is 300 g/mol. The van der Waals surface area contributed by atoms with Crippen molar-refractivity contribution in [3.05, 3.63) is 41.1 Å². The summed E-state index contributed by atoms with van der Waals surface area (Å²) in [6.45, 7) is 2.12. The average molecular weight is 320 g/mol. The highest BCUT2D eigenvalue weighted by Gasteiger charge is 2.32. The highest BCUT2D eigenvalue weighted by Crippen LogP contribution is 2.29. The first-order chi connectivity index (χ1) is 11.1. The Morgan fingerprint density at radius 2 is 2.04 bits per heavy atom. The van der Waals surface area contributed by atoms with Gasteiger partial charge < -0.3 is 24.8 Å². The Bertz CT molecular complexity index is 627. The largest absolute Gasteiger partial charge is 0.497 e. The second kappa shape index (κ2) is 7.64. The fourth-order valence-corrected chi connectivity index (χ4v) is 2.33. The molecule has 124 valence electrons. The van der Waals surface area contributed by atoms with Crippen LogP contribution in [0.5, 0.6) is 5.75 Å². The van der Waals surface area contributed by atoms with Crippen LogP contribution in [-0.2, 0) is 14.3 Å². The van der Waals surface area contributed by atoms with E-state index >= 15 is 0 Å². The zero-order valence-corrected chi connectivity index (χ0v) is 13.3. The first-order valence-corrected chi connectivity index (χ1v) is 7.15. The predicted molar refractivity (Wildman–Crippen MR) is 82.9 cm³/mol. The van der Waals surface area contributed by atoms with Gasteiger partial charge >= 0.3 is 12.0 Å². The number of carbonyl (C=O) groups is 2. The molecule has 1 heterocycles. The molecule has 2 N–H and O–H groups in total. The van der Waals surface area contributed by atoms with Crippen molar-refractivity contribution in [3.8, 4) is 5.75 Å². The fourth-order valence-electron chi connectivity index (χ4n) is 2.33. The van der Waals surface area contributed by atoms with Crippen LogP contribution >= 0.6 is 0 Å². The minimum atomic E-state index is -0.603. The summed E-state index contributed by atoms with van der Waals surface area (Å²) in [7, 11) is 3.08. The minimum Gasteiger partial charge on any atom is -0.497 e. The predicted octanol–water partition coefficient (Wildman–Crippen LogP) is 1.51. The van der Waals surface area contributed by atoms with Gasteiger partial charge in [0.25, 0.3) is 0 Å². The van der Waals surface area contributed by atoms with Gasteiger partial charge in [-0.3, -0.25) is 0 Å². The molecule has 0 saturated heterocycles. The van der Waals surface area contributed by atoms with Crippen LogP contribution < -0.4 is 15.4 Å². The molecule has 23 heavy (non-hydrogen) atoms. The van der Waals surface area contributed by atoms with E-state index in [4.69, 9.17) is 14.2 Å². The van der Waals surface area contributed by atoms with Crippen molar-refractivity contribution in [1.29, 1.82) is 0 Å². The maximum atomic E-state index is 12.4. The number of carbonyl (C=O) groups excluding carboxylic acids is 2. The summed E-state index contributed by atoms with van der Waals surface area (Å²) < 4.78 is 15.3. The molecule has 7 heteroatoms. The van der Waals surface area contributed by atoms with Crippen molar-refractivity contribution in [2.75, 3.05) is 27.4 Å². The molecule has 0 fully saturated rings. The Morgan fingerprint density at radius 3 is 2.74 bits per heavy atom. The molecule has 7 nitrogen and oxygen atoms in total. The molecule has 1 atom stereocenters. The smallest absolute Gasteiger partial charge is 0.338 e. The highest BCUT2D eigenvalue weighted by atomic mass is 16.6. The summed E-state index contributed by atoms with van der Waals surface area (Å²) in [6, 6.07) is 6.20. The lowest BCUT2D eigenvalue weighted by molar-refractivity contribution is -0.140. The number of hydrogen-bond acceptors (Lipinski definition) is 5. The lowest BCUT2D eigenvalue weighted by atomic mass is 9.95. The molecule has 0 radical (unpaired) electrons. The van der Waals surface area contributed by atoms with Crippen LogP contribution in [0.1, 0.15) is 18.5 Å². The number of amides is 2. The number of allylic oxidation sites excluding steroid dienone is 1. The van der Waals surface area contributed by atoms with Crippen LogP contribution in [0, 0.1) is 0 Å². The van der Waals surface area contributed by atoms with Crippen molar-refractivity contribution in [1.82, 2.24) is 10.6 Å². The Hall–Kier alpha value is -2.54.